The summed E-state index contributed by atoms with van der Waals surface area (Å²) in [6, 6.07) is 7.66. The van der Waals surface area contributed by atoms with Crippen molar-refractivity contribution < 1.29 is 0 Å². The molecule has 0 radical (unpaired) electrons. The minimum atomic E-state index is 0.578. The first-order valence-corrected chi connectivity index (χ1v) is 8.98. The normalized spacial score (nSPS) is 26.9. The van der Waals surface area contributed by atoms with Crippen LogP contribution in [0.3, 0.4) is 0 Å². The third-order valence-electron chi connectivity index (χ3n) is 4.39. The second-order valence-corrected chi connectivity index (χ2v) is 7.86. The maximum absolute atomic E-state index is 6.20. The Morgan fingerprint density at radius 2 is 2.15 bits per heavy atom. The van der Waals surface area contributed by atoms with E-state index in [2.05, 4.69) is 48.0 Å². The van der Waals surface area contributed by atoms with Crippen molar-refractivity contribution in [2.24, 2.45) is 0 Å². The molecule has 0 aromatic heterocycles. The standard InChI is InChI=1S/C16H23ClN2S/c1-11-12(2)20-8-7-19(11)16-6-3-14(17)9-13(16)10-18-15-4-5-15/h3,6,9,11-12,15,18H,4-5,7-8,10H2,1-2H3. The Bertz CT molecular complexity index is 476. The van der Waals surface area contributed by atoms with Gasteiger partial charge in [0.2, 0.25) is 0 Å². The molecule has 0 amide bonds. The van der Waals surface area contributed by atoms with Gasteiger partial charge in [0.05, 0.1) is 0 Å². The predicted octanol–water partition coefficient (Wildman–Crippen LogP) is 3.92. The fourth-order valence-electron chi connectivity index (χ4n) is 2.79. The first-order valence-electron chi connectivity index (χ1n) is 7.55. The van der Waals surface area contributed by atoms with Crippen LogP contribution in [0.4, 0.5) is 5.69 Å². The molecule has 1 aliphatic heterocycles. The van der Waals surface area contributed by atoms with Crippen molar-refractivity contribution in [1.82, 2.24) is 5.32 Å². The number of nitrogens with zero attached hydrogens (tertiary/aromatic N) is 1. The van der Waals surface area contributed by atoms with Crippen LogP contribution in [0.15, 0.2) is 18.2 Å². The molecule has 1 heterocycles. The van der Waals surface area contributed by atoms with Crippen molar-refractivity contribution in [3.8, 4) is 0 Å². The zero-order chi connectivity index (χ0) is 14.1. The molecule has 1 saturated carbocycles. The molecular formula is C16H23ClN2S. The largest absolute Gasteiger partial charge is 0.367 e. The second-order valence-electron chi connectivity index (χ2n) is 5.94. The van der Waals surface area contributed by atoms with E-state index in [-0.39, 0.29) is 0 Å². The van der Waals surface area contributed by atoms with Gasteiger partial charge in [0, 0.05) is 46.9 Å². The van der Waals surface area contributed by atoms with Gasteiger partial charge in [-0.25, -0.2) is 0 Å². The zero-order valence-corrected chi connectivity index (χ0v) is 13.8. The molecule has 1 N–H and O–H groups in total. The van der Waals surface area contributed by atoms with Crippen LogP contribution in [0.25, 0.3) is 0 Å². The lowest BCUT2D eigenvalue weighted by molar-refractivity contribution is 0.618. The van der Waals surface area contributed by atoms with E-state index in [1.807, 2.05) is 6.07 Å². The van der Waals surface area contributed by atoms with E-state index in [0.29, 0.717) is 11.3 Å². The van der Waals surface area contributed by atoms with Gasteiger partial charge in [-0.1, -0.05) is 18.5 Å². The third-order valence-corrected chi connectivity index (χ3v) is 5.97. The number of rotatable bonds is 4. The summed E-state index contributed by atoms with van der Waals surface area (Å²) in [6.45, 7) is 6.74. The average Bonchev–Trinajstić information content (AvgIpc) is 3.24. The van der Waals surface area contributed by atoms with Gasteiger partial charge < -0.3 is 10.2 Å². The molecule has 20 heavy (non-hydrogen) atoms. The molecule has 0 bridgehead atoms. The molecule has 1 aromatic carbocycles. The van der Waals surface area contributed by atoms with E-state index < -0.39 is 0 Å². The fraction of sp³-hybridized carbons (Fsp3) is 0.625. The van der Waals surface area contributed by atoms with Gasteiger partial charge in [-0.05, 0) is 43.5 Å². The van der Waals surface area contributed by atoms with Crippen molar-refractivity contribution in [2.45, 2.75) is 50.6 Å². The van der Waals surface area contributed by atoms with Crippen molar-refractivity contribution in [2.75, 3.05) is 17.2 Å². The third kappa shape index (κ3) is 3.26. The molecule has 2 aliphatic rings. The molecule has 0 spiro atoms. The summed E-state index contributed by atoms with van der Waals surface area (Å²) in [7, 11) is 0. The molecule has 1 aliphatic carbocycles. The molecule has 1 saturated heterocycles. The number of hydrogen-bond donors (Lipinski definition) is 1. The maximum Gasteiger partial charge on any atom is 0.0415 e. The highest BCUT2D eigenvalue weighted by Gasteiger charge is 2.27. The van der Waals surface area contributed by atoms with E-state index >= 15 is 0 Å². The van der Waals surface area contributed by atoms with Gasteiger partial charge in [-0.3, -0.25) is 0 Å². The van der Waals surface area contributed by atoms with Crippen LogP contribution in [0.2, 0.25) is 5.02 Å². The summed E-state index contributed by atoms with van der Waals surface area (Å²) in [6.07, 6.45) is 2.65. The number of nitrogens with one attached hydrogen (secondary N) is 1. The van der Waals surface area contributed by atoms with E-state index in [1.165, 1.54) is 29.8 Å². The molecule has 4 heteroatoms. The van der Waals surface area contributed by atoms with Crippen LogP contribution in [0, 0.1) is 0 Å². The van der Waals surface area contributed by atoms with Crippen LogP contribution in [-0.4, -0.2) is 29.6 Å². The second kappa shape index (κ2) is 6.17. The van der Waals surface area contributed by atoms with Crippen LogP contribution >= 0.6 is 23.4 Å². The minimum Gasteiger partial charge on any atom is -0.367 e. The quantitative estimate of drug-likeness (QED) is 0.907. The minimum absolute atomic E-state index is 0.578. The Labute approximate surface area is 131 Å². The number of hydrogen-bond acceptors (Lipinski definition) is 3. The Morgan fingerprint density at radius 1 is 1.35 bits per heavy atom. The van der Waals surface area contributed by atoms with Gasteiger partial charge in [0.1, 0.15) is 0 Å². The first-order chi connectivity index (χ1) is 9.65. The monoisotopic (exact) mass is 310 g/mol. The van der Waals surface area contributed by atoms with Crippen molar-refractivity contribution in [3.05, 3.63) is 28.8 Å². The van der Waals surface area contributed by atoms with Crippen molar-refractivity contribution >= 4 is 29.1 Å². The maximum atomic E-state index is 6.20. The average molecular weight is 311 g/mol. The number of benzene rings is 1. The van der Waals surface area contributed by atoms with Gasteiger partial charge >= 0.3 is 0 Å². The summed E-state index contributed by atoms with van der Waals surface area (Å²) in [5.74, 6) is 1.21. The highest BCUT2D eigenvalue weighted by atomic mass is 35.5. The number of halogens is 1. The summed E-state index contributed by atoms with van der Waals surface area (Å²) in [5, 5.41) is 5.14. The number of anilines is 1. The number of thioether (sulfide) groups is 1. The van der Waals surface area contributed by atoms with Gasteiger partial charge in [0.15, 0.2) is 0 Å². The van der Waals surface area contributed by atoms with E-state index in [9.17, 15) is 0 Å². The lowest BCUT2D eigenvalue weighted by atomic mass is 10.1. The summed E-state index contributed by atoms with van der Waals surface area (Å²) in [4.78, 5) is 2.56. The lowest BCUT2D eigenvalue weighted by Crippen LogP contribution is -2.45. The Kier molecular flexibility index (Phi) is 4.49. The Balaban J connectivity index is 1.82. The fourth-order valence-corrected chi connectivity index (χ4v) is 4.08. The summed E-state index contributed by atoms with van der Waals surface area (Å²) >= 11 is 8.28. The highest BCUT2D eigenvalue weighted by Crippen LogP contribution is 2.33. The predicted molar refractivity (Wildman–Crippen MR) is 90.0 cm³/mol. The smallest absolute Gasteiger partial charge is 0.0415 e. The molecule has 110 valence electrons. The summed E-state index contributed by atoms with van der Waals surface area (Å²) < 4.78 is 0. The molecule has 3 rings (SSSR count). The first kappa shape index (κ1) is 14.6. The lowest BCUT2D eigenvalue weighted by Gasteiger charge is -2.40. The molecule has 2 atom stereocenters. The highest BCUT2D eigenvalue weighted by molar-refractivity contribution is 8.00. The van der Waals surface area contributed by atoms with E-state index in [0.717, 1.165) is 24.2 Å². The molecule has 2 unspecified atom stereocenters. The topological polar surface area (TPSA) is 15.3 Å². The van der Waals surface area contributed by atoms with Crippen molar-refractivity contribution in [1.29, 1.82) is 0 Å². The van der Waals surface area contributed by atoms with Gasteiger partial charge in [-0.2, -0.15) is 11.8 Å². The summed E-state index contributed by atoms with van der Waals surface area (Å²) in [5.41, 5.74) is 2.71. The zero-order valence-electron chi connectivity index (χ0n) is 12.2. The SMILES string of the molecule is CC1SCCN(c2ccc(Cl)cc2CNC2CC2)C1C. The molecular weight excluding hydrogens is 288 g/mol. The molecule has 2 nitrogen and oxygen atoms in total. The van der Waals surface area contributed by atoms with Gasteiger partial charge in [0.25, 0.3) is 0 Å². The van der Waals surface area contributed by atoms with E-state index in [1.54, 1.807) is 0 Å². The van der Waals surface area contributed by atoms with Crippen LogP contribution in [0.1, 0.15) is 32.3 Å². The van der Waals surface area contributed by atoms with Crippen molar-refractivity contribution in [3.63, 3.8) is 0 Å². The van der Waals surface area contributed by atoms with E-state index in [4.69, 9.17) is 11.6 Å². The Morgan fingerprint density at radius 3 is 2.90 bits per heavy atom. The van der Waals surface area contributed by atoms with Gasteiger partial charge in [-0.15, -0.1) is 0 Å². The Hall–Kier alpha value is -0.380. The van der Waals surface area contributed by atoms with Crippen LogP contribution < -0.4 is 10.2 Å². The molecule has 2 fully saturated rings. The van der Waals surface area contributed by atoms with Crippen LogP contribution in [-0.2, 0) is 6.54 Å². The molecule has 1 aromatic rings. The van der Waals surface area contributed by atoms with Crippen LogP contribution in [0.5, 0.6) is 0 Å².